The summed E-state index contributed by atoms with van der Waals surface area (Å²) in [5.41, 5.74) is 9.17. The van der Waals surface area contributed by atoms with Crippen molar-refractivity contribution in [3.63, 3.8) is 0 Å². The van der Waals surface area contributed by atoms with Crippen LogP contribution in [0.25, 0.3) is 0 Å². The fourth-order valence-electron chi connectivity index (χ4n) is 3.33. The highest BCUT2D eigenvalue weighted by atomic mass is 16.5. The Hall–Kier alpha value is -4.18. The zero-order chi connectivity index (χ0) is 23.0. The van der Waals surface area contributed by atoms with E-state index >= 15 is 0 Å². The zero-order valence-corrected chi connectivity index (χ0v) is 18.1. The van der Waals surface area contributed by atoms with Gasteiger partial charge >= 0.3 is 0 Å². The number of amides is 1. The number of nitrogens with one attached hydrogen (secondary N) is 3. The molecule has 1 fully saturated rings. The Morgan fingerprint density at radius 3 is 2.64 bits per heavy atom. The monoisotopic (exact) mass is 446 g/mol. The number of nitrogens with two attached hydrogens (primary N) is 1. The summed E-state index contributed by atoms with van der Waals surface area (Å²) < 4.78 is 5.41. The van der Waals surface area contributed by atoms with Crippen LogP contribution in [0.15, 0.2) is 61.6 Å². The summed E-state index contributed by atoms with van der Waals surface area (Å²) in [7, 11) is 0. The van der Waals surface area contributed by atoms with Gasteiger partial charge in [-0.05, 0) is 30.3 Å². The van der Waals surface area contributed by atoms with E-state index in [2.05, 4.69) is 42.4 Å². The predicted octanol–water partition coefficient (Wildman–Crippen LogP) is 2.69. The quantitative estimate of drug-likeness (QED) is 0.386. The number of ether oxygens (including phenoxy) is 1. The van der Waals surface area contributed by atoms with Gasteiger partial charge < -0.3 is 31.3 Å². The molecule has 1 amide bonds. The first-order chi connectivity index (χ1) is 16.1. The van der Waals surface area contributed by atoms with Crippen molar-refractivity contribution in [2.24, 2.45) is 0 Å². The molecule has 0 atom stereocenters. The SMILES string of the molecule is C=CCNC(=O)c1cnc(Nc2ccc(N3CCOCC3)cc2)nc1Nc1cncc(N)c1. The number of anilines is 6. The Bertz CT molecular complexity index is 1110. The third kappa shape index (κ3) is 5.74. The van der Waals surface area contributed by atoms with Gasteiger partial charge in [0.1, 0.15) is 11.4 Å². The molecule has 33 heavy (non-hydrogen) atoms. The van der Waals surface area contributed by atoms with Gasteiger partial charge in [0.25, 0.3) is 5.91 Å². The number of nitrogens with zero attached hydrogens (tertiary/aromatic N) is 4. The third-order valence-electron chi connectivity index (χ3n) is 4.96. The Morgan fingerprint density at radius 1 is 1.12 bits per heavy atom. The van der Waals surface area contributed by atoms with Gasteiger partial charge in [-0.25, -0.2) is 4.98 Å². The maximum Gasteiger partial charge on any atom is 0.256 e. The number of carbonyl (C=O) groups is 1. The molecule has 4 rings (SSSR count). The van der Waals surface area contributed by atoms with E-state index in [1.807, 2.05) is 24.3 Å². The van der Waals surface area contributed by atoms with Crippen molar-refractivity contribution in [1.29, 1.82) is 0 Å². The largest absolute Gasteiger partial charge is 0.397 e. The smallest absolute Gasteiger partial charge is 0.256 e. The average Bonchev–Trinajstić information content (AvgIpc) is 2.84. The van der Waals surface area contributed by atoms with Gasteiger partial charge in [0.15, 0.2) is 0 Å². The van der Waals surface area contributed by atoms with Gasteiger partial charge in [-0.15, -0.1) is 6.58 Å². The van der Waals surface area contributed by atoms with Crippen molar-refractivity contribution in [3.8, 4) is 0 Å². The summed E-state index contributed by atoms with van der Waals surface area (Å²) in [6, 6.07) is 9.73. The average molecular weight is 447 g/mol. The van der Waals surface area contributed by atoms with Crippen LogP contribution < -0.4 is 26.6 Å². The molecule has 0 aliphatic carbocycles. The number of benzene rings is 1. The second kappa shape index (κ2) is 10.4. The molecule has 1 aliphatic heterocycles. The summed E-state index contributed by atoms with van der Waals surface area (Å²) in [6.45, 7) is 7.17. The molecule has 0 saturated carbocycles. The van der Waals surface area contributed by atoms with Crippen LogP contribution in [0.5, 0.6) is 0 Å². The number of aromatic nitrogens is 3. The molecular formula is C23H26N8O2. The van der Waals surface area contributed by atoms with Gasteiger partial charge in [0.2, 0.25) is 5.95 Å². The topological polar surface area (TPSA) is 130 Å². The standard InChI is InChI=1S/C23H26N8O2/c1-2-7-26-22(32)20-15-27-23(30-21(20)28-18-12-16(24)13-25-14-18)29-17-3-5-19(6-4-17)31-8-10-33-11-9-31/h2-6,12-15H,1,7-11,24H2,(H,26,32)(H2,27,28,29,30). The highest BCUT2D eigenvalue weighted by Crippen LogP contribution is 2.24. The Morgan fingerprint density at radius 2 is 1.91 bits per heavy atom. The van der Waals surface area contributed by atoms with Gasteiger partial charge in [-0.1, -0.05) is 6.08 Å². The summed E-state index contributed by atoms with van der Waals surface area (Å²) in [4.78, 5) is 27.8. The molecule has 5 N–H and O–H groups in total. The van der Waals surface area contributed by atoms with E-state index in [9.17, 15) is 4.79 Å². The normalized spacial score (nSPS) is 13.3. The van der Waals surface area contributed by atoms with Crippen LogP contribution in [-0.2, 0) is 4.74 Å². The van der Waals surface area contributed by atoms with Crippen LogP contribution in [0.3, 0.4) is 0 Å². The number of pyridine rings is 1. The lowest BCUT2D eigenvalue weighted by Gasteiger charge is -2.28. The molecule has 0 unspecified atom stereocenters. The molecule has 170 valence electrons. The van der Waals surface area contributed by atoms with Crippen molar-refractivity contribution < 1.29 is 9.53 Å². The molecule has 2 aromatic heterocycles. The fraction of sp³-hybridized carbons (Fsp3) is 0.217. The summed E-state index contributed by atoms with van der Waals surface area (Å²) in [5.74, 6) is 0.343. The first-order valence-electron chi connectivity index (χ1n) is 10.6. The Labute approximate surface area is 191 Å². The lowest BCUT2D eigenvalue weighted by molar-refractivity contribution is 0.0958. The Kier molecular flexibility index (Phi) is 6.96. The molecule has 10 nitrogen and oxygen atoms in total. The number of hydrogen-bond donors (Lipinski definition) is 4. The molecule has 1 aliphatic rings. The van der Waals surface area contributed by atoms with E-state index in [-0.39, 0.29) is 11.5 Å². The second-order valence-corrected chi connectivity index (χ2v) is 7.36. The number of nitrogen functional groups attached to an aromatic ring is 1. The third-order valence-corrected chi connectivity index (χ3v) is 4.96. The van der Waals surface area contributed by atoms with E-state index in [1.54, 1.807) is 18.3 Å². The van der Waals surface area contributed by atoms with Gasteiger partial charge in [0, 0.05) is 43.4 Å². The van der Waals surface area contributed by atoms with Gasteiger partial charge in [-0.2, -0.15) is 4.98 Å². The van der Waals surface area contributed by atoms with E-state index in [0.29, 0.717) is 29.7 Å². The molecule has 3 heterocycles. The van der Waals surface area contributed by atoms with Crippen molar-refractivity contribution >= 4 is 40.4 Å². The Balaban J connectivity index is 1.55. The lowest BCUT2D eigenvalue weighted by atomic mass is 10.2. The maximum atomic E-state index is 12.6. The van der Waals surface area contributed by atoms with Crippen LogP contribution in [-0.4, -0.2) is 53.7 Å². The zero-order valence-electron chi connectivity index (χ0n) is 18.1. The van der Waals surface area contributed by atoms with Crippen molar-refractivity contribution in [3.05, 3.63) is 67.1 Å². The minimum absolute atomic E-state index is 0.285. The second-order valence-electron chi connectivity index (χ2n) is 7.36. The van der Waals surface area contributed by atoms with Crippen molar-refractivity contribution in [2.75, 3.05) is 54.1 Å². The number of rotatable bonds is 8. The first-order valence-corrected chi connectivity index (χ1v) is 10.6. The molecule has 0 radical (unpaired) electrons. The lowest BCUT2D eigenvalue weighted by Crippen LogP contribution is -2.36. The molecule has 3 aromatic rings. The number of hydrogen-bond acceptors (Lipinski definition) is 9. The van der Waals surface area contributed by atoms with Crippen molar-refractivity contribution in [2.45, 2.75) is 0 Å². The fourth-order valence-corrected chi connectivity index (χ4v) is 3.33. The van der Waals surface area contributed by atoms with E-state index in [1.165, 1.54) is 12.4 Å². The summed E-state index contributed by atoms with van der Waals surface area (Å²) in [6.07, 6.45) is 6.21. The molecule has 1 saturated heterocycles. The molecular weight excluding hydrogens is 420 g/mol. The highest BCUT2D eigenvalue weighted by Gasteiger charge is 2.16. The van der Waals surface area contributed by atoms with Gasteiger partial charge in [-0.3, -0.25) is 9.78 Å². The predicted molar refractivity (Wildman–Crippen MR) is 129 cm³/mol. The van der Waals surface area contributed by atoms with Crippen LogP contribution in [0.2, 0.25) is 0 Å². The van der Waals surface area contributed by atoms with Crippen LogP contribution in [0.1, 0.15) is 10.4 Å². The summed E-state index contributed by atoms with van der Waals surface area (Å²) in [5, 5.41) is 9.04. The highest BCUT2D eigenvalue weighted by molar-refractivity contribution is 5.99. The van der Waals surface area contributed by atoms with E-state index in [4.69, 9.17) is 10.5 Å². The molecule has 1 aromatic carbocycles. The minimum atomic E-state index is -0.323. The number of morpholine rings is 1. The van der Waals surface area contributed by atoms with E-state index < -0.39 is 0 Å². The molecule has 0 spiro atoms. The van der Waals surface area contributed by atoms with E-state index in [0.717, 1.165) is 37.7 Å². The van der Waals surface area contributed by atoms with Crippen molar-refractivity contribution in [1.82, 2.24) is 20.3 Å². The maximum absolute atomic E-state index is 12.6. The molecule has 0 bridgehead atoms. The number of carbonyl (C=O) groups excluding carboxylic acids is 1. The molecule has 10 heteroatoms. The summed E-state index contributed by atoms with van der Waals surface area (Å²) >= 11 is 0. The minimum Gasteiger partial charge on any atom is -0.397 e. The van der Waals surface area contributed by atoms with Gasteiger partial charge in [0.05, 0.1) is 30.8 Å². The van der Waals surface area contributed by atoms with Crippen LogP contribution in [0, 0.1) is 0 Å². The van der Waals surface area contributed by atoms with Crippen LogP contribution >= 0.6 is 0 Å². The van der Waals surface area contributed by atoms with Crippen LogP contribution in [0.4, 0.5) is 34.5 Å². The first kappa shape index (κ1) is 22.0.